The van der Waals surface area contributed by atoms with Crippen LogP contribution in [-0.2, 0) is 11.3 Å². The van der Waals surface area contributed by atoms with Gasteiger partial charge < -0.3 is 10.0 Å². The zero-order valence-corrected chi connectivity index (χ0v) is 20.2. The van der Waals surface area contributed by atoms with Gasteiger partial charge in [-0.2, -0.15) is 0 Å². The number of aliphatic imine (C=N–C) groups is 1. The number of nitrogens with one attached hydrogen (secondary N) is 1. The minimum absolute atomic E-state index is 0.0342. The Morgan fingerprint density at radius 1 is 1.06 bits per heavy atom. The molecule has 0 spiro atoms. The Labute approximate surface area is 194 Å². The number of benzene rings is 1. The monoisotopic (exact) mass is 493 g/mol. The van der Waals surface area contributed by atoms with Gasteiger partial charge in [0.2, 0.25) is 0 Å². The van der Waals surface area contributed by atoms with Crippen molar-refractivity contribution >= 4 is 33.8 Å². The van der Waals surface area contributed by atoms with Gasteiger partial charge in [0, 0.05) is 24.0 Å². The maximum Gasteiger partial charge on any atom is 0.323 e. The second kappa shape index (κ2) is 14.2. The number of amides is 2. The summed E-state index contributed by atoms with van der Waals surface area (Å²) in [5.41, 5.74) is 1.11. The second-order valence-corrected chi connectivity index (χ2v) is 9.14. The molecule has 1 atom stereocenters. The Bertz CT molecular complexity index is 721. The van der Waals surface area contributed by atoms with Crippen LogP contribution in [0.4, 0.5) is 4.79 Å². The quantitative estimate of drug-likeness (QED) is 0.288. The van der Waals surface area contributed by atoms with Crippen LogP contribution in [0.2, 0.25) is 0 Å². The van der Waals surface area contributed by atoms with Gasteiger partial charge in [0.25, 0.3) is 0 Å². The first-order valence-corrected chi connectivity index (χ1v) is 12.4. The molecule has 0 radical (unpaired) electrons. The highest BCUT2D eigenvalue weighted by atomic mass is 79.9. The number of aliphatic carboxylic acids is 1. The molecule has 1 heterocycles. The Morgan fingerprint density at radius 3 is 2.29 bits per heavy atom. The molecule has 1 saturated heterocycles. The molecule has 1 aromatic carbocycles. The molecule has 172 valence electrons. The summed E-state index contributed by atoms with van der Waals surface area (Å²) in [5.74, 6) is 0.125. The third-order valence-corrected chi connectivity index (χ3v) is 6.13. The van der Waals surface area contributed by atoms with Crippen molar-refractivity contribution in [3.8, 4) is 0 Å². The molecule has 2 N–H and O–H groups in total. The Kier molecular flexibility index (Phi) is 11.6. The molecule has 0 aromatic heterocycles. The van der Waals surface area contributed by atoms with Gasteiger partial charge in [-0.05, 0) is 37.0 Å². The van der Waals surface area contributed by atoms with Gasteiger partial charge in [0.05, 0.1) is 6.04 Å². The highest BCUT2D eigenvalue weighted by Gasteiger charge is 2.35. The van der Waals surface area contributed by atoms with Crippen LogP contribution in [-0.4, -0.2) is 40.4 Å². The molecule has 31 heavy (non-hydrogen) atoms. The SMILES string of the molecule is CCCC1C(=NCCCCCCCCCCC(=O)O)NC(=O)N1Cc1ccc(Br)cc1. The number of carbonyl (C=O) groups excluding carboxylic acids is 1. The number of rotatable bonds is 15. The van der Waals surface area contributed by atoms with Gasteiger partial charge in [-0.3, -0.25) is 15.1 Å². The summed E-state index contributed by atoms with van der Waals surface area (Å²) < 4.78 is 1.03. The second-order valence-electron chi connectivity index (χ2n) is 8.23. The van der Waals surface area contributed by atoms with Crippen LogP contribution in [0, 0.1) is 0 Å². The van der Waals surface area contributed by atoms with Crippen molar-refractivity contribution in [3.05, 3.63) is 34.3 Å². The summed E-state index contributed by atoms with van der Waals surface area (Å²) in [4.78, 5) is 29.7. The van der Waals surface area contributed by atoms with E-state index in [1.54, 1.807) is 0 Å². The van der Waals surface area contributed by atoms with E-state index in [1.165, 1.54) is 19.3 Å². The number of carboxylic acid groups (broad SMARTS) is 1. The Hall–Kier alpha value is -1.89. The molecule has 6 nitrogen and oxygen atoms in total. The van der Waals surface area contributed by atoms with Crippen LogP contribution < -0.4 is 5.32 Å². The normalized spacial score (nSPS) is 17.4. The number of unbranched alkanes of at least 4 members (excludes halogenated alkanes) is 7. The first-order valence-electron chi connectivity index (χ1n) is 11.6. The van der Waals surface area contributed by atoms with Gasteiger partial charge in [-0.15, -0.1) is 0 Å². The largest absolute Gasteiger partial charge is 0.481 e. The van der Waals surface area contributed by atoms with E-state index in [4.69, 9.17) is 10.1 Å². The van der Waals surface area contributed by atoms with Crippen molar-refractivity contribution in [3.63, 3.8) is 0 Å². The van der Waals surface area contributed by atoms with Gasteiger partial charge in [-0.1, -0.05) is 79.9 Å². The maximum atomic E-state index is 12.6. The summed E-state index contributed by atoms with van der Waals surface area (Å²) in [5, 5.41) is 11.6. The molecular weight excluding hydrogens is 458 g/mol. The Balaban J connectivity index is 1.70. The molecule has 0 saturated carbocycles. The minimum atomic E-state index is -0.697. The van der Waals surface area contributed by atoms with Crippen LogP contribution in [0.1, 0.15) is 83.1 Å². The Morgan fingerprint density at radius 2 is 1.68 bits per heavy atom. The third kappa shape index (κ3) is 9.42. The lowest BCUT2D eigenvalue weighted by molar-refractivity contribution is -0.137. The van der Waals surface area contributed by atoms with Crippen LogP contribution in [0.15, 0.2) is 33.7 Å². The number of halogens is 1. The van der Waals surface area contributed by atoms with E-state index in [9.17, 15) is 9.59 Å². The molecule has 1 fully saturated rings. The van der Waals surface area contributed by atoms with Crippen molar-refractivity contribution in [2.45, 2.75) is 90.1 Å². The van der Waals surface area contributed by atoms with E-state index in [2.05, 4.69) is 28.2 Å². The molecule has 2 amide bonds. The first-order chi connectivity index (χ1) is 15.0. The van der Waals surface area contributed by atoms with Gasteiger partial charge in [0.1, 0.15) is 5.84 Å². The highest BCUT2D eigenvalue weighted by molar-refractivity contribution is 9.10. The highest BCUT2D eigenvalue weighted by Crippen LogP contribution is 2.20. The minimum Gasteiger partial charge on any atom is -0.481 e. The van der Waals surface area contributed by atoms with E-state index in [0.29, 0.717) is 6.54 Å². The number of urea groups is 1. The van der Waals surface area contributed by atoms with Crippen LogP contribution in [0.3, 0.4) is 0 Å². The molecule has 1 aliphatic rings. The fourth-order valence-electron chi connectivity index (χ4n) is 3.88. The number of nitrogens with zero attached hydrogens (tertiary/aromatic N) is 2. The number of hydrogen-bond donors (Lipinski definition) is 2. The van der Waals surface area contributed by atoms with Crippen molar-refractivity contribution in [1.29, 1.82) is 0 Å². The molecule has 0 bridgehead atoms. The van der Waals surface area contributed by atoms with Crippen molar-refractivity contribution < 1.29 is 14.7 Å². The summed E-state index contributed by atoms with van der Waals surface area (Å²) in [6, 6.07) is 8.07. The maximum absolute atomic E-state index is 12.6. The summed E-state index contributed by atoms with van der Waals surface area (Å²) in [6.07, 6.45) is 10.8. The molecule has 1 aromatic rings. The lowest BCUT2D eigenvalue weighted by atomic mass is 10.1. The number of amidine groups is 1. The molecular formula is C24H36BrN3O3. The number of carbonyl (C=O) groups is 2. The third-order valence-electron chi connectivity index (χ3n) is 5.60. The van der Waals surface area contributed by atoms with Gasteiger partial charge in [-0.25, -0.2) is 4.79 Å². The average molecular weight is 494 g/mol. The topological polar surface area (TPSA) is 82.0 Å². The number of hydrogen-bond acceptors (Lipinski definition) is 3. The van der Waals surface area contributed by atoms with E-state index < -0.39 is 5.97 Å². The van der Waals surface area contributed by atoms with Crippen molar-refractivity contribution in [1.82, 2.24) is 10.2 Å². The predicted octanol–water partition coefficient (Wildman–Crippen LogP) is 6.14. The smallest absolute Gasteiger partial charge is 0.323 e. The molecule has 1 aliphatic heterocycles. The van der Waals surface area contributed by atoms with Crippen LogP contribution in [0.25, 0.3) is 0 Å². The average Bonchev–Trinajstić information content (AvgIpc) is 3.02. The first kappa shape index (κ1) is 25.4. The summed E-state index contributed by atoms with van der Waals surface area (Å²) >= 11 is 3.45. The van der Waals surface area contributed by atoms with E-state index >= 15 is 0 Å². The lowest BCUT2D eigenvalue weighted by Crippen LogP contribution is -2.34. The summed E-state index contributed by atoms with van der Waals surface area (Å²) in [6.45, 7) is 3.48. The fraction of sp³-hybridized carbons (Fsp3) is 0.625. The van der Waals surface area contributed by atoms with E-state index in [-0.39, 0.29) is 18.5 Å². The summed E-state index contributed by atoms with van der Waals surface area (Å²) in [7, 11) is 0. The van der Waals surface area contributed by atoms with E-state index in [1.807, 2.05) is 29.2 Å². The molecule has 2 rings (SSSR count). The molecule has 7 heteroatoms. The standard InChI is InChI=1S/C24H36BrN3O3/c1-2-11-21-23(26-17-10-8-6-4-3-5-7-9-12-22(29)30)27-24(31)28(21)18-19-13-15-20(25)16-14-19/h13-16,21H,2-12,17-18H2,1H3,(H,29,30)(H,26,27,31). The van der Waals surface area contributed by atoms with Crippen LogP contribution >= 0.6 is 15.9 Å². The predicted molar refractivity (Wildman–Crippen MR) is 128 cm³/mol. The lowest BCUT2D eigenvalue weighted by Gasteiger charge is -2.22. The fourth-order valence-corrected chi connectivity index (χ4v) is 4.15. The zero-order valence-electron chi connectivity index (χ0n) is 18.6. The van der Waals surface area contributed by atoms with Crippen LogP contribution in [0.5, 0.6) is 0 Å². The zero-order chi connectivity index (χ0) is 22.5. The molecule has 1 unspecified atom stereocenters. The van der Waals surface area contributed by atoms with Gasteiger partial charge in [0.15, 0.2) is 0 Å². The van der Waals surface area contributed by atoms with Gasteiger partial charge >= 0.3 is 12.0 Å². The van der Waals surface area contributed by atoms with E-state index in [0.717, 1.165) is 67.4 Å². The molecule has 0 aliphatic carbocycles. The van der Waals surface area contributed by atoms with Crippen molar-refractivity contribution in [2.75, 3.05) is 6.54 Å². The number of carboxylic acids is 1. The van der Waals surface area contributed by atoms with Crippen molar-refractivity contribution in [2.24, 2.45) is 4.99 Å².